The second-order valence-electron chi connectivity index (χ2n) is 9.13. The van der Waals surface area contributed by atoms with E-state index >= 15 is 0 Å². The third kappa shape index (κ3) is 5.94. The number of carbonyl (C=O) groups excluding carboxylic acids is 2. The number of thioether (sulfide) groups is 1. The van der Waals surface area contributed by atoms with Gasteiger partial charge in [0.05, 0.1) is 12.6 Å². The lowest BCUT2D eigenvalue weighted by Crippen LogP contribution is -2.63. The molecule has 204 valence electrons. The lowest BCUT2D eigenvalue weighted by Gasteiger charge is -2.42. The van der Waals surface area contributed by atoms with Crippen LogP contribution in [-0.4, -0.2) is 93.2 Å². The Bertz CT molecular complexity index is 1130. The minimum atomic E-state index is -1.46. The van der Waals surface area contributed by atoms with Crippen molar-refractivity contribution in [3.8, 4) is 11.1 Å². The molecule has 0 bridgehead atoms. The standard InChI is InChI=1S/C26H30N2O9S/c1-13(30)27-21-23(32)22(31)20(10-29)37-25(21)38-12-19(24(33)34)28-26(35)36-11-18-16-8-4-2-6-14(16)15-7-3-5-9-17(15)18/h2-9,18-23,25,29,31-32H,10-12H2,1H3,(H,27,30)(H,28,35)(H,33,34)/t19-,20+,21+,22+,23+,25-/m0/s1. The predicted molar refractivity (Wildman–Crippen MR) is 137 cm³/mol. The van der Waals surface area contributed by atoms with E-state index in [2.05, 4.69) is 10.6 Å². The SMILES string of the molecule is CC(=O)N[C@@H]1[C@@H](O)[C@H](O)[C@@H](CO)O[C@H]1SC[C@H](NC(=O)OCC1c2ccccc2-c2ccccc21)C(=O)O. The molecular weight excluding hydrogens is 516 g/mol. The summed E-state index contributed by atoms with van der Waals surface area (Å²) in [6.07, 6.45) is -4.96. The Morgan fingerprint density at radius 1 is 1.03 bits per heavy atom. The molecule has 2 aliphatic rings. The molecule has 12 heteroatoms. The molecule has 0 spiro atoms. The van der Waals surface area contributed by atoms with Crippen molar-refractivity contribution in [3.05, 3.63) is 59.7 Å². The zero-order valence-corrected chi connectivity index (χ0v) is 21.3. The van der Waals surface area contributed by atoms with Crippen molar-refractivity contribution in [2.24, 2.45) is 0 Å². The third-order valence-corrected chi connectivity index (χ3v) is 7.87. The van der Waals surface area contributed by atoms with Crippen LogP contribution in [0, 0.1) is 0 Å². The van der Waals surface area contributed by atoms with Crippen LogP contribution in [0.25, 0.3) is 11.1 Å². The van der Waals surface area contributed by atoms with Crippen molar-refractivity contribution in [2.45, 2.75) is 48.7 Å². The van der Waals surface area contributed by atoms with Crippen LogP contribution in [0.2, 0.25) is 0 Å². The summed E-state index contributed by atoms with van der Waals surface area (Å²) in [7, 11) is 0. The number of hydrogen-bond acceptors (Lipinski definition) is 9. The number of hydrogen-bond donors (Lipinski definition) is 6. The molecule has 1 heterocycles. The molecule has 0 unspecified atom stereocenters. The van der Waals surface area contributed by atoms with Crippen LogP contribution < -0.4 is 10.6 Å². The first-order chi connectivity index (χ1) is 18.2. The van der Waals surface area contributed by atoms with Gasteiger partial charge in [0.1, 0.15) is 36.4 Å². The molecule has 2 aromatic rings. The highest BCUT2D eigenvalue weighted by Crippen LogP contribution is 2.44. The van der Waals surface area contributed by atoms with Gasteiger partial charge in [-0.2, -0.15) is 0 Å². The number of nitrogens with one attached hydrogen (secondary N) is 2. The van der Waals surface area contributed by atoms with E-state index in [4.69, 9.17) is 9.47 Å². The van der Waals surface area contributed by atoms with Gasteiger partial charge in [0, 0.05) is 18.6 Å². The Hall–Kier alpha value is -3.16. The summed E-state index contributed by atoms with van der Waals surface area (Å²) in [5.74, 6) is -2.22. The fourth-order valence-corrected chi connectivity index (χ4v) is 6.03. The average Bonchev–Trinajstić information content (AvgIpc) is 3.22. The zero-order valence-electron chi connectivity index (χ0n) is 20.5. The van der Waals surface area contributed by atoms with Gasteiger partial charge in [0.15, 0.2) is 0 Å². The maximum atomic E-state index is 12.6. The van der Waals surface area contributed by atoms with Crippen molar-refractivity contribution < 1.29 is 44.3 Å². The predicted octanol–water partition coefficient (Wildman–Crippen LogP) is 0.655. The number of alkyl carbamates (subject to hydrolysis) is 1. The fraction of sp³-hybridized carbons (Fsp3) is 0.423. The molecule has 6 atom stereocenters. The Kier molecular flexibility index (Phi) is 8.90. The number of carboxylic acid groups (broad SMARTS) is 1. The van der Waals surface area contributed by atoms with E-state index in [1.165, 1.54) is 6.92 Å². The molecule has 38 heavy (non-hydrogen) atoms. The van der Waals surface area contributed by atoms with Crippen LogP contribution in [0.15, 0.2) is 48.5 Å². The first-order valence-electron chi connectivity index (χ1n) is 12.1. The monoisotopic (exact) mass is 546 g/mol. The van der Waals surface area contributed by atoms with Gasteiger partial charge in [-0.25, -0.2) is 9.59 Å². The van der Waals surface area contributed by atoms with Crippen LogP contribution in [-0.2, 0) is 19.1 Å². The smallest absolute Gasteiger partial charge is 0.407 e. The summed E-state index contributed by atoms with van der Waals surface area (Å²) < 4.78 is 11.0. The van der Waals surface area contributed by atoms with Gasteiger partial charge in [-0.1, -0.05) is 48.5 Å². The molecular formula is C26H30N2O9S. The minimum Gasteiger partial charge on any atom is -0.480 e. The lowest BCUT2D eigenvalue weighted by molar-refractivity contribution is -0.173. The topological polar surface area (TPSA) is 175 Å². The van der Waals surface area contributed by atoms with Crippen LogP contribution in [0.3, 0.4) is 0 Å². The van der Waals surface area contributed by atoms with Gasteiger partial charge in [-0.05, 0) is 22.3 Å². The summed E-state index contributed by atoms with van der Waals surface area (Å²) in [5, 5.41) is 44.5. The second-order valence-corrected chi connectivity index (χ2v) is 10.3. The lowest BCUT2D eigenvalue weighted by atomic mass is 9.98. The summed E-state index contributed by atoms with van der Waals surface area (Å²) in [6, 6.07) is 13.2. The second kappa shape index (κ2) is 12.1. The van der Waals surface area contributed by atoms with E-state index in [0.717, 1.165) is 34.0 Å². The number of aliphatic hydroxyl groups is 3. The van der Waals surface area contributed by atoms with Crippen LogP contribution >= 0.6 is 11.8 Å². The van der Waals surface area contributed by atoms with Gasteiger partial charge in [0.2, 0.25) is 5.91 Å². The average molecular weight is 547 g/mol. The van der Waals surface area contributed by atoms with Crippen LogP contribution in [0.5, 0.6) is 0 Å². The molecule has 6 N–H and O–H groups in total. The third-order valence-electron chi connectivity index (χ3n) is 6.61. The van der Waals surface area contributed by atoms with Crippen molar-refractivity contribution in [2.75, 3.05) is 19.0 Å². The molecule has 1 saturated heterocycles. The molecule has 1 fully saturated rings. The number of aliphatic carboxylic acids is 1. The Labute approximate surface area is 223 Å². The van der Waals surface area contributed by atoms with Gasteiger partial charge < -0.3 is 40.5 Å². The Balaban J connectivity index is 1.38. The number of fused-ring (bicyclic) bond motifs is 3. The van der Waals surface area contributed by atoms with Gasteiger partial charge in [-0.15, -0.1) is 11.8 Å². The number of carboxylic acids is 1. The first-order valence-corrected chi connectivity index (χ1v) is 13.1. The van der Waals surface area contributed by atoms with Crippen molar-refractivity contribution in [1.82, 2.24) is 10.6 Å². The number of amides is 2. The maximum absolute atomic E-state index is 12.6. The van der Waals surface area contributed by atoms with E-state index in [0.29, 0.717) is 0 Å². The number of aliphatic hydroxyl groups excluding tert-OH is 3. The van der Waals surface area contributed by atoms with Crippen LogP contribution in [0.4, 0.5) is 4.79 Å². The summed E-state index contributed by atoms with van der Waals surface area (Å²) >= 11 is 0.905. The van der Waals surface area contributed by atoms with Crippen molar-refractivity contribution in [3.63, 3.8) is 0 Å². The van der Waals surface area contributed by atoms with Gasteiger partial charge >= 0.3 is 12.1 Å². The van der Waals surface area contributed by atoms with Crippen molar-refractivity contribution >= 4 is 29.7 Å². The Morgan fingerprint density at radius 3 is 2.18 bits per heavy atom. The molecule has 11 nitrogen and oxygen atoms in total. The molecule has 4 rings (SSSR count). The fourth-order valence-electron chi connectivity index (χ4n) is 4.76. The number of rotatable bonds is 9. The summed E-state index contributed by atoms with van der Waals surface area (Å²) in [4.78, 5) is 36.1. The quantitative estimate of drug-likeness (QED) is 0.262. The summed E-state index contributed by atoms with van der Waals surface area (Å²) in [5.41, 5.74) is 3.16. The zero-order chi connectivity index (χ0) is 27.4. The maximum Gasteiger partial charge on any atom is 0.407 e. The van der Waals surface area contributed by atoms with E-state index in [1.807, 2.05) is 48.5 Å². The highest BCUT2D eigenvalue weighted by Gasteiger charge is 2.45. The molecule has 0 aromatic heterocycles. The molecule has 0 radical (unpaired) electrons. The van der Waals surface area contributed by atoms with E-state index < -0.39 is 60.4 Å². The Morgan fingerprint density at radius 2 is 1.63 bits per heavy atom. The van der Waals surface area contributed by atoms with Crippen LogP contribution in [0.1, 0.15) is 24.0 Å². The molecule has 0 saturated carbocycles. The van der Waals surface area contributed by atoms with Gasteiger partial charge in [-0.3, -0.25) is 4.79 Å². The molecule has 2 amide bonds. The van der Waals surface area contributed by atoms with E-state index in [1.54, 1.807) is 0 Å². The number of carbonyl (C=O) groups is 3. The molecule has 1 aliphatic carbocycles. The minimum absolute atomic E-state index is 0.0118. The highest BCUT2D eigenvalue weighted by molar-refractivity contribution is 7.99. The molecule has 2 aromatic carbocycles. The molecule has 1 aliphatic heterocycles. The van der Waals surface area contributed by atoms with E-state index in [9.17, 15) is 34.8 Å². The van der Waals surface area contributed by atoms with Gasteiger partial charge in [0.25, 0.3) is 0 Å². The first kappa shape index (κ1) is 27.9. The summed E-state index contributed by atoms with van der Waals surface area (Å²) in [6.45, 7) is 0.637. The normalized spacial score (nSPS) is 25.1. The largest absolute Gasteiger partial charge is 0.480 e. The highest BCUT2D eigenvalue weighted by atomic mass is 32.2. The number of ether oxygens (including phenoxy) is 2. The number of benzene rings is 2. The van der Waals surface area contributed by atoms with Crippen molar-refractivity contribution in [1.29, 1.82) is 0 Å². The van der Waals surface area contributed by atoms with E-state index in [-0.39, 0.29) is 18.3 Å².